The van der Waals surface area contributed by atoms with Crippen LogP contribution in [-0.4, -0.2) is 30.2 Å². The summed E-state index contributed by atoms with van der Waals surface area (Å²) in [7, 11) is 1.76. The van der Waals surface area contributed by atoms with Gasteiger partial charge in [-0.2, -0.15) is 0 Å². The number of Topliss-reactive ketones (excluding diaryl/α,β-unsaturated/α-hetero) is 1. The van der Waals surface area contributed by atoms with E-state index in [0.717, 1.165) is 0 Å². The molecule has 0 saturated carbocycles. The third-order valence-corrected chi connectivity index (χ3v) is 3.14. The van der Waals surface area contributed by atoms with Crippen molar-refractivity contribution in [2.75, 3.05) is 13.6 Å². The summed E-state index contributed by atoms with van der Waals surface area (Å²) in [5.74, 6) is 0.0606. The highest BCUT2D eigenvalue weighted by Gasteiger charge is 2.24. The van der Waals surface area contributed by atoms with Crippen LogP contribution in [0.15, 0.2) is 30.3 Å². The predicted octanol–water partition coefficient (Wildman–Crippen LogP) is 1.18. The van der Waals surface area contributed by atoms with Crippen LogP contribution in [-0.2, 0) is 0 Å². The number of hydrogen-bond acceptors (Lipinski definition) is 3. The zero-order valence-corrected chi connectivity index (χ0v) is 10.2. The number of nitrogens with one attached hydrogen (secondary N) is 1. The van der Waals surface area contributed by atoms with Gasteiger partial charge in [0, 0.05) is 16.9 Å². The number of rotatable bonds is 5. The summed E-state index contributed by atoms with van der Waals surface area (Å²) in [6.07, 6.45) is 0. The first-order valence-corrected chi connectivity index (χ1v) is 5.73. The van der Waals surface area contributed by atoms with Crippen molar-refractivity contribution in [1.82, 2.24) is 5.32 Å². The number of carbonyl (C=O) groups excluding carboxylic acids is 1. The molecule has 0 bridgehead atoms. The van der Waals surface area contributed by atoms with E-state index in [1.165, 1.54) is 0 Å². The van der Waals surface area contributed by atoms with E-state index < -0.39 is 0 Å². The lowest BCUT2D eigenvalue weighted by Gasteiger charge is -2.19. The number of nitrogens with two attached hydrogens (primary N) is 1. The Morgan fingerprint density at radius 3 is 2.53 bits per heavy atom. The molecule has 3 N–H and O–H groups in total. The summed E-state index contributed by atoms with van der Waals surface area (Å²) in [5.41, 5.74) is 6.23. The molecule has 0 aromatic heterocycles. The van der Waals surface area contributed by atoms with Crippen LogP contribution in [0.25, 0.3) is 0 Å². The molecule has 0 fully saturated rings. The Morgan fingerprint density at radius 2 is 2.07 bits per heavy atom. The maximum atomic E-state index is 12.0. The summed E-state index contributed by atoms with van der Waals surface area (Å²) in [6, 6.07) is 8.93. The Kier molecular flexibility index (Phi) is 4.94. The minimum absolute atomic E-state index is 0.0461. The molecule has 1 rings (SSSR count). The van der Waals surface area contributed by atoms with E-state index in [-0.39, 0.29) is 16.7 Å². The molecule has 15 heavy (non-hydrogen) atoms. The first-order chi connectivity index (χ1) is 7.20. The Morgan fingerprint density at radius 1 is 1.47 bits per heavy atom. The van der Waals surface area contributed by atoms with Crippen molar-refractivity contribution in [3.63, 3.8) is 0 Å². The maximum absolute atomic E-state index is 12.0. The van der Waals surface area contributed by atoms with Gasteiger partial charge >= 0.3 is 0 Å². The minimum atomic E-state index is -0.280. The lowest BCUT2D eigenvalue weighted by atomic mass is 10.0. The molecule has 0 aliphatic rings. The highest BCUT2D eigenvalue weighted by atomic mass is 79.9. The van der Waals surface area contributed by atoms with E-state index in [1.807, 2.05) is 30.3 Å². The Bertz CT molecular complexity index is 316. The molecule has 82 valence electrons. The number of carbonyl (C=O) groups is 1. The van der Waals surface area contributed by atoms with Crippen LogP contribution in [0.2, 0.25) is 0 Å². The molecule has 1 aromatic rings. The van der Waals surface area contributed by atoms with Gasteiger partial charge in [-0.3, -0.25) is 4.79 Å². The normalized spacial score (nSPS) is 14.6. The van der Waals surface area contributed by atoms with Crippen molar-refractivity contribution in [1.29, 1.82) is 0 Å². The molecule has 1 aromatic carbocycles. The zero-order valence-electron chi connectivity index (χ0n) is 8.61. The first kappa shape index (κ1) is 12.4. The van der Waals surface area contributed by atoms with Crippen LogP contribution < -0.4 is 11.1 Å². The van der Waals surface area contributed by atoms with Crippen molar-refractivity contribution in [3.8, 4) is 0 Å². The highest BCUT2D eigenvalue weighted by molar-refractivity contribution is 9.09. The van der Waals surface area contributed by atoms with E-state index in [4.69, 9.17) is 5.73 Å². The van der Waals surface area contributed by atoms with Crippen molar-refractivity contribution in [3.05, 3.63) is 35.9 Å². The molecule has 0 spiro atoms. The van der Waals surface area contributed by atoms with Gasteiger partial charge in [0.1, 0.15) is 0 Å². The van der Waals surface area contributed by atoms with Gasteiger partial charge in [-0.1, -0.05) is 46.3 Å². The van der Waals surface area contributed by atoms with Gasteiger partial charge in [-0.25, -0.2) is 0 Å². The van der Waals surface area contributed by atoms with Gasteiger partial charge in [0.15, 0.2) is 5.78 Å². The summed E-state index contributed by atoms with van der Waals surface area (Å²) >= 11 is 3.39. The molecular formula is C11H15BrN2O. The molecule has 0 aliphatic carbocycles. The average molecular weight is 271 g/mol. The fraction of sp³-hybridized carbons (Fsp3) is 0.364. The van der Waals surface area contributed by atoms with Crippen LogP contribution in [0.1, 0.15) is 10.4 Å². The van der Waals surface area contributed by atoms with Crippen molar-refractivity contribution < 1.29 is 4.79 Å². The second-order valence-electron chi connectivity index (χ2n) is 3.25. The molecule has 4 heteroatoms. The summed E-state index contributed by atoms with van der Waals surface area (Å²) in [6.45, 7) is 0.421. The molecule has 0 amide bonds. The molecular weight excluding hydrogens is 256 g/mol. The van der Waals surface area contributed by atoms with Crippen LogP contribution in [0.5, 0.6) is 0 Å². The quantitative estimate of drug-likeness (QED) is 0.624. The van der Waals surface area contributed by atoms with Crippen molar-refractivity contribution >= 4 is 21.7 Å². The molecule has 0 radical (unpaired) electrons. The summed E-state index contributed by atoms with van der Waals surface area (Å²) < 4.78 is 0. The fourth-order valence-corrected chi connectivity index (χ4v) is 1.90. The van der Waals surface area contributed by atoms with E-state index in [1.54, 1.807) is 7.05 Å². The molecule has 2 unspecified atom stereocenters. The standard InChI is InChI=1S/C11H15BrN2O/c1-14-10(9(12)7-13)11(15)8-5-3-2-4-6-8/h2-6,9-10,14H,7,13H2,1H3. The highest BCUT2D eigenvalue weighted by Crippen LogP contribution is 2.11. The Hall–Kier alpha value is -0.710. The summed E-state index contributed by atoms with van der Waals surface area (Å²) in [4.78, 5) is 12.0. The second-order valence-corrected chi connectivity index (χ2v) is 4.42. The van der Waals surface area contributed by atoms with E-state index in [9.17, 15) is 4.79 Å². The smallest absolute Gasteiger partial charge is 0.180 e. The average Bonchev–Trinajstić information content (AvgIpc) is 2.30. The van der Waals surface area contributed by atoms with Gasteiger partial charge < -0.3 is 11.1 Å². The lowest BCUT2D eigenvalue weighted by molar-refractivity contribution is 0.0947. The van der Waals surface area contributed by atoms with E-state index >= 15 is 0 Å². The molecule has 0 saturated heterocycles. The van der Waals surface area contributed by atoms with Crippen LogP contribution in [0.3, 0.4) is 0 Å². The Labute approximate surface area is 98.2 Å². The van der Waals surface area contributed by atoms with Gasteiger partial charge in [-0.05, 0) is 7.05 Å². The molecule has 0 aliphatic heterocycles. The van der Waals surface area contributed by atoms with Gasteiger partial charge in [0.05, 0.1) is 6.04 Å². The van der Waals surface area contributed by atoms with E-state index in [2.05, 4.69) is 21.2 Å². The largest absolute Gasteiger partial charge is 0.329 e. The molecule has 3 nitrogen and oxygen atoms in total. The lowest BCUT2D eigenvalue weighted by Crippen LogP contribution is -2.44. The predicted molar refractivity (Wildman–Crippen MR) is 65.4 cm³/mol. The third-order valence-electron chi connectivity index (χ3n) is 2.24. The second kappa shape index (κ2) is 6.00. The number of likely N-dealkylation sites (N-methyl/N-ethyl adjacent to an activating group) is 1. The van der Waals surface area contributed by atoms with Gasteiger partial charge in [-0.15, -0.1) is 0 Å². The molecule has 0 heterocycles. The summed E-state index contributed by atoms with van der Waals surface area (Å²) in [5, 5.41) is 2.97. The zero-order chi connectivity index (χ0) is 11.3. The van der Waals surface area contributed by atoms with E-state index in [0.29, 0.717) is 12.1 Å². The first-order valence-electron chi connectivity index (χ1n) is 4.81. The van der Waals surface area contributed by atoms with Crippen LogP contribution in [0, 0.1) is 0 Å². The van der Waals surface area contributed by atoms with Crippen LogP contribution in [0.4, 0.5) is 0 Å². The number of hydrogen-bond donors (Lipinski definition) is 2. The third kappa shape index (κ3) is 3.12. The number of alkyl halides is 1. The minimum Gasteiger partial charge on any atom is -0.329 e. The molecule has 2 atom stereocenters. The van der Waals surface area contributed by atoms with Crippen molar-refractivity contribution in [2.45, 2.75) is 10.9 Å². The number of halogens is 1. The Balaban J connectivity index is 2.83. The topological polar surface area (TPSA) is 55.1 Å². The van der Waals surface area contributed by atoms with Crippen molar-refractivity contribution in [2.24, 2.45) is 5.73 Å². The fourth-order valence-electron chi connectivity index (χ4n) is 1.39. The monoisotopic (exact) mass is 270 g/mol. The van der Waals surface area contributed by atoms with Gasteiger partial charge in [0.2, 0.25) is 0 Å². The number of ketones is 1. The maximum Gasteiger partial charge on any atom is 0.180 e. The van der Waals surface area contributed by atoms with Crippen LogP contribution >= 0.6 is 15.9 Å². The number of benzene rings is 1. The SMILES string of the molecule is CNC(C(=O)c1ccccc1)C(Br)CN. The van der Waals surface area contributed by atoms with Gasteiger partial charge in [0.25, 0.3) is 0 Å².